The van der Waals surface area contributed by atoms with Gasteiger partial charge in [0.15, 0.2) is 0 Å². The number of carbonyl (C=O) groups excluding carboxylic acids is 1. The molecule has 0 aliphatic heterocycles. The van der Waals surface area contributed by atoms with Gasteiger partial charge in [-0.25, -0.2) is 4.79 Å². The van der Waals surface area contributed by atoms with E-state index < -0.39 is 4.92 Å². The van der Waals surface area contributed by atoms with Crippen LogP contribution in [0.3, 0.4) is 0 Å². The van der Waals surface area contributed by atoms with Gasteiger partial charge in [-0.05, 0) is 49.4 Å². The number of carbonyl (C=O) groups is 1. The molecule has 0 atom stereocenters. The van der Waals surface area contributed by atoms with Gasteiger partial charge in [-0.15, -0.1) is 0 Å². The minimum Gasteiger partial charge on any atom is -0.462 e. The maximum Gasteiger partial charge on any atom is 0.338 e. The van der Waals surface area contributed by atoms with Gasteiger partial charge in [0.1, 0.15) is 11.5 Å². The van der Waals surface area contributed by atoms with E-state index in [1.165, 1.54) is 24.4 Å². The predicted octanol–water partition coefficient (Wildman–Crippen LogP) is 5.13. The normalized spacial score (nSPS) is 10.8. The number of nitrogens with zero attached hydrogens (tertiary/aromatic N) is 2. The van der Waals surface area contributed by atoms with Crippen LogP contribution in [-0.2, 0) is 4.74 Å². The zero-order valence-corrected chi connectivity index (χ0v) is 16.1. The van der Waals surface area contributed by atoms with Crippen molar-refractivity contribution in [3.8, 4) is 11.3 Å². The molecule has 0 saturated carbocycles. The van der Waals surface area contributed by atoms with E-state index in [2.05, 4.69) is 10.5 Å². The average molecular weight is 414 g/mol. The van der Waals surface area contributed by atoms with E-state index in [9.17, 15) is 14.9 Å². The molecular weight excluding hydrogens is 398 g/mol. The average Bonchev–Trinajstić information content (AvgIpc) is 3.17. The van der Waals surface area contributed by atoms with Crippen molar-refractivity contribution in [2.75, 3.05) is 12.0 Å². The Labute approximate surface area is 170 Å². The largest absolute Gasteiger partial charge is 0.462 e. The molecule has 0 aliphatic rings. The Balaban J connectivity index is 1.67. The molecule has 8 nitrogen and oxygen atoms in total. The van der Waals surface area contributed by atoms with E-state index in [0.717, 1.165) is 0 Å². The van der Waals surface area contributed by atoms with Gasteiger partial charge in [-0.2, -0.15) is 5.10 Å². The van der Waals surface area contributed by atoms with Gasteiger partial charge in [0, 0.05) is 17.7 Å². The van der Waals surface area contributed by atoms with Crippen molar-refractivity contribution in [2.24, 2.45) is 5.10 Å². The molecular formula is C20H16ClN3O5. The van der Waals surface area contributed by atoms with Gasteiger partial charge in [-0.1, -0.05) is 11.6 Å². The predicted molar refractivity (Wildman–Crippen MR) is 109 cm³/mol. The number of hydrogen-bond acceptors (Lipinski definition) is 7. The van der Waals surface area contributed by atoms with Gasteiger partial charge in [0.05, 0.1) is 34.0 Å². The van der Waals surface area contributed by atoms with E-state index in [0.29, 0.717) is 40.0 Å². The molecule has 1 N–H and O–H groups in total. The van der Waals surface area contributed by atoms with Crippen LogP contribution in [0.15, 0.2) is 64.1 Å². The maximum atomic E-state index is 11.6. The third kappa shape index (κ3) is 4.99. The minimum atomic E-state index is -0.498. The van der Waals surface area contributed by atoms with E-state index in [1.807, 2.05) is 0 Å². The highest BCUT2D eigenvalue weighted by atomic mass is 35.5. The van der Waals surface area contributed by atoms with Crippen molar-refractivity contribution >= 4 is 35.2 Å². The lowest BCUT2D eigenvalue weighted by atomic mass is 10.1. The zero-order chi connectivity index (χ0) is 20.8. The lowest BCUT2D eigenvalue weighted by molar-refractivity contribution is -0.384. The number of hydrazone groups is 1. The van der Waals surface area contributed by atoms with E-state index in [1.54, 1.807) is 43.3 Å². The molecule has 9 heteroatoms. The Morgan fingerprint density at radius 1 is 1.24 bits per heavy atom. The number of nitro groups is 1. The monoisotopic (exact) mass is 413 g/mol. The van der Waals surface area contributed by atoms with Crippen molar-refractivity contribution < 1.29 is 18.9 Å². The summed E-state index contributed by atoms with van der Waals surface area (Å²) in [4.78, 5) is 22.1. The molecule has 0 spiro atoms. The Morgan fingerprint density at radius 2 is 2.00 bits per heavy atom. The fourth-order valence-electron chi connectivity index (χ4n) is 2.45. The number of ether oxygens (including phenoxy) is 1. The summed E-state index contributed by atoms with van der Waals surface area (Å²) < 4.78 is 10.6. The number of hydrogen-bond donors (Lipinski definition) is 1. The lowest BCUT2D eigenvalue weighted by Gasteiger charge is -2.03. The van der Waals surface area contributed by atoms with Crippen LogP contribution in [0.4, 0.5) is 11.4 Å². The molecule has 0 bridgehead atoms. The molecule has 0 fully saturated rings. The van der Waals surface area contributed by atoms with E-state index in [-0.39, 0.29) is 11.7 Å². The van der Waals surface area contributed by atoms with Crippen LogP contribution in [0.2, 0.25) is 5.02 Å². The fraction of sp³-hybridized carbons (Fsp3) is 0.100. The Kier molecular flexibility index (Phi) is 6.25. The SMILES string of the molecule is CCOC(=O)c1ccc(NN=Cc2ccc(-c3cc([N+](=O)[O-])ccc3Cl)o2)cc1. The highest BCUT2D eigenvalue weighted by Crippen LogP contribution is 2.32. The summed E-state index contributed by atoms with van der Waals surface area (Å²) in [6, 6.07) is 14.1. The summed E-state index contributed by atoms with van der Waals surface area (Å²) in [5.41, 5.74) is 4.28. The number of anilines is 1. The molecule has 0 amide bonds. The highest BCUT2D eigenvalue weighted by Gasteiger charge is 2.14. The third-order valence-electron chi connectivity index (χ3n) is 3.83. The van der Waals surface area contributed by atoms with Gasteiger partial charge < -0.3 is 9.15 Å². The number of esters is 1. The Hall–Kier alpha value is -3.65. The van der Waals surface area contributed by atoms with Crippen LogP contribution in [0.1, 0.15) is 23.0 Å². The standard InChI is InChI=1S/C20H16ClN3O5/c1-2-28-20(25)13-3-5-14(6-4-13)23-22-12-16-8-10-19(29-16)17-11-15(24(26)27)7-9-18(17)21/h3-12,23H,2H2,1H3. The lowest BCUT2D eigenvalue weighted by Crippen LogP contribution is -2.04. The number of benzene rings is 2. The molecule has 0 radical (unpaired) electrons. The first-order chi connectivity index (χ1) is 14.0. The number of rotatable bonds is 7. The van der Waals surface area contributed by atoms with Crippen LogP contribution in [0.5, 0.6) is 0 Å². The number of halogens is 1. The highest BCUT2D eigenvalue weighted by molar-refractivity contribution is 6.33. The first kappa shape index (κ1) is 20.1. The summed E-state index contributed by atoms with van der Waals surface area (Å²) in [5.74, 6) is 0.433. The van der Waals surface area contributed by atoms with E-state index in [4.69, 9.17) is 20.8 Å². The van der Waals surface area contributed by atoms with Gasteiger partial charge in [0.2, 0.25) is 0 Å². The molecule has 0 unspecified atom stereocenters. The van der Waals surface area contributed by atoms with Crippen molar-refractivity contribution in [2.45, 2.75) is 6.92 Å². The second-order valence-electron chi connectivity index (χ2n) is 5.79. The molecule has 29 heavy (non-hydrogen) atoms. The summed E-state index contributed by atoms with van der Waals surface area (Å²) in [6.07, 6.45) is 1.45. The number of nitro benzene ring substituents is 1. The quantitative estimate of drug-likeness (QED) is 0.249. The molecule has 1 heterocycles. The molecule has 1 aromatic heterocycles. The smallest absolute Gasteiger partial charge is 0.338 e. The second-order valence-corrected chi connectivity index (χ2v) is 6.20. The third-order valence-corrected chi connectivity index (χ3v) is 4.16. The van der Waals surface area contributed by atoms with Crippen molar-refractivity contribution in [1.29, 1.82) is 0 Å². The van der Waals surface area contributed by atoms with Crippen molar-refractivity contribution in [3.05, 3.63) is 81.1 Å². The number of non-ortho nitro benzene ring substituents is 1. The zero-order valence-electron chi connectivity index (χ0n) is 15.3. The van der Waals surface area contributed by atoms with Crippen LogP contribution < -0.4 is 5.43 Å². The van der Waals surface area contributed by atoms with Crippen LogP contribution >= 0.6 is 11.6 Å². The summed E-state index contributed by atoms with van der Waals surface area (Å²) in [6.45, 7) is 2.06. The Bertz CT molecular complexity index is 1060. The Morgan fingerprint density at radius 3 is 2.69 bits per heavy atom. The first-order valence-electron chi connectivity index (χ1n) is 8.58. The fourth-order valence-corrected chi connectivity index (χ4v) is 2.66. The summed E-state index contributed by atoms with van der Waals surface area (Å²) in [5, 5.41) is 15.4. The molecule has 148 valence electrons. The summed E-state index contributed by atoms with van der Waals surface area (Å²) in [7, 11) is 0. The minimum absolute atomic E-state index is 0.0797. The van der Waals surface area contributed by atoms with Crippen molar-refractivity contribution in [1.82, 2.24) is 0 Å². The maximum absolute atomic E-state index is 11.6. The van der Waals surface area contributed by atoms with Gasteiger partial charge in [-0.3, -0.25) is 15.5 Å². The molecule has 2 aromatic carbocycles. The molecule has 0 saturated heterocycles. The van der Waals surface area contributed by atoms with Gasteiger partial charge >= 0.3 is 5.97 Å². The molecule has 3 aromatic rings. The molecule has 0 aliphatic carbocycles. The van der Waals surface area contributed by atoms with Crippen LogP contribution in [0.25, 0.3) is 11.3 Å². The number of furan rings is 1. The number of nitrogens with one attached hydrogen (secondary N) is 1. The second kappa shape index (κ2) is 9.03. The topological polar surface area (TPSA) is 107 Å². The first-order valence-corrected chi connectivity index (χ1v) is 8.96. The van der Waals surface area contributed by atoms with E-state index >= 15 is 0 Å². The van der Waals surface area contributed by atoms with Crippen LogP contribution in [-0.4, -0.2) is 23.7 Å². The van der Waals surface area contributed by atoms with Gasteiger partial charge in [0.25, 0.3) is 5.69 Å². The van der Waals surface area contributed by atoms with Crippen molar-refractivity contribution in [3.63, 3.8) is 0 Å². The summed E-state index contributed by atoms with van der Waals surface area (Å²) >= 11 is 6.12. The van der Waals surface area contributed by atoms with Crippen LogP contribution in [0, 0.1) is 10.1 Å². The molecule has 3 rings (SSSR count).